The fourth-order valence-corrected chi connectivity index (χ4v) is 9.00. The number of hydrogen-bond donors (Lipinski definition) is 3. The Morgan fingerprint density at radius 1 is 0.949 bits per heavy atom. The van der Waals surface area contributed by atoms with Gasteiger partial charge in [0.15, 0.2) is 0 Å². The Morgan fingerprint density at radius 2 is 1.66 bits per heavy atom. The number of carbonyl (C=O) groups is 3. The van der Waals surface area contributed by atoms with Gasteiger partial charge in [-0.3, -0.25) is 38.4 Å². The number of piperidine rings is 1. The molecule has 1 unspecified atom stereocenters. The third-order valence-corrected chi connectivity index (χ3v) is 12.1. The molecule has 59 heavy (non-hydrogen) atoms. The lowest BCUT2D eigenvalue weighted by Crippen LogP contribution is -2.47. The van der Waals surface area contributed by atoms with Crippen molar-refractivity contribution in [3.8, 4) is 0 Å². The molecule has 5 aromatic rings. The number of aryl methyl sites for hydroxylation is 1. The molecule has 3 aliphatic rings. The zero-order valence-electron chi connectivity index (χ0n) is 33.3. The second-order valence-corrected chi connectivity index (χ2v) is 16.7. The van der Waals surface area contributed by atoms with E-state index in [-0.39, 0.29) is 35.4 Å². The van der Waals surface area contributed by atoms with Gasteiger partial charge in [0.05, 0.1) is 28.2 Å². The number of pyridine rings is 1. The van der Waals surface area contributed by atoms with E-state index in [1.165, 1.54) is 10.6 Å². The number of anilines is 1. The third kappa shape index (κ3) is 8.28. The topological polar surface area (TPSA) is 160 Å². The average molecular weight is 816 g/mol. The van der Waals surface area contributed by atoms with Gasteiger partial charge >= 0.3 is 11.9 Å². The SMILES string of the molecule is Cn1c(=O)n(C2CCC(=O)NC2=O)c2cccc(CN3CCN(C[C@H]4CC[C@H](n5cc6cc(NC(=O)c7cccc(C(F)(F)F)n7)c(C(C)(C)O)cc6n5)CC4)CC3)c21. The van der Waals surface area contributed by atoms with E-state index in [0.717, 1.165) is 87.0 Å². The van der Waals surface area contributed by atoms with Crippen molar-refractivity contribution in [2.45, 2.75) is 82.8 Å². The molecule has 1 aliphatic carbocycles. The van der Waals surface area contributed by atoms with E-state index >= 15 is 0 Å². The van der Waals surface area contributed by atoms with Gasteiger partial charge in [-0.05, 0) is 87.8 Å². The van der Waals surface area contributed by atoms with E-state index in [4.69, 9.17) is 5.10 Å². The normalized spacial score (nSPS) is 21.3. The molecule has 2 saturated heterocycles. The Hall–Kier alpha value is -5.39. The summed E-state index contributed by atoms with van der Waals surface area (Å²) in [6, 6.07) is 11.8. The summed E-state index contributed by atoms with van der Waals surface area (Å²) in [5, 5.41) is 21.6. The summed E-state index contributed by atoms with van der Waals surface area (Å²) >= 11 is 0. The van der Waals surface area contributed by atoms with Gasteiger partial charge in [0.1, 0.15) is 17.4 Å². The van der Waals surface area contributed by atoms with Gasteiger partial charge in [-0.1, -0.05) is 18.2 Å². The number of benzene rings is 2. The van der Waals surface area contributed by atoms with Crippen molar-refractivity contribution in [2.75, 3.05) is 38.0 Å². The largest absolute Gasteiger partial charge is 0.433 e. The number of piperazine rings is 1. The molecule has 0 radical (unpaired) electrons. The number of hydrogen-bond acceptors (Lipinski definition) is 9. The highest BCUT2D eigenvalue weighted by Crippen LogP contribution is 2.37. The van der Waals surface area contributed by atoms with Gasteiger partial charge in [-0.15, -0.1) is 0 Å². The number of para-hydroxylation sites is 1. The number of nitrogens with zero attached hydrogens (tertiary/aromatic N) is 7. The lowest BCUT2D eigenvalue weighted by molar-refractivity contribution is -0.141. The van der Waals surface area contributed by atoms with E-state index in [1.54, 1.807) is 37.6 Å². The predicted molar refractivity (Wildman–Crippen MR) is 213 cm³/mol. The predicted octanol–water partition coefficient (Wildman–Crippen LogP) is 5.11. The monoisotopic (exact) mass is 815 g/mol. The van der Waals surface area contributed by atoms with Crippen LogP contribution in [0.3, 0.4) is 0 Å². The van der Waals surface area contributed by atoms with Crippen LogP contribution < -0.4 is 16.3 Å². The van der Waals surface area contributed by atoms with Crippen LogP contribution in [0, 0.1) is 5.92 Å². The molecule has 3 N–H and O–H groups in total. The molecule has 5 heterocycles. The molecule has 3 fully saturated rings. The summed E-state index contributed by atoms with van der Waals surface area (Å²) in [4.78, 5) is 59.3. The van der Waals surface area contributed by atoms with Crippen molar-refractivity contribution in [1.82, 2.24) is 39.0 Å². The van der Waals surface area contributed by atoms with Crippen molar-refractivity contribution in [2.24, 2.45) is 13.0 Å². The number of nitrogens with one attached hydrogen (secondary N) is 2. The first-order valence-electron chi connectivity index (χ1n) is 20.1. The van der Waals surface area contributed by atoms with Crippen LogP contribution in [-0.4, -0.2) is 89.3 Å². The number of aliphatic hydroxyl groups is 1. The van der Waals surface area contributed by atoms with Gasteiger partial charge in [-0.25, -0.2) is 9.78 Å². The van der Waals surface area contributed by atoms with Crippen molar-refractivity contribution >= 4 is 45.3 Å². The van der Waals surface area contributed by atoms with Gasteiger partial charge in [0.2, 0.25) is 11.8 Å². The Kier molecular flexibility index (Phi) is 10.7. The Labute approximate surface area is 338 Å². The number of amides is 3. The van der Waals surface area contributed by atoms with Crippen LogP contribution in [0.1, 0.15) is 91.8 Å². The van der Waals surface area contributed by atoms with Crippen molar-refractivity contribution in [1.29, 1.82) is 0 Å². The maximum Gasteiger partial charge on any atom is 0.433 e. The van der Waals surface area contributed by atoms with Gasteiger partial charge < -0.3 is 15.3 Å². The minimum absolute atomic E-state index is 0.178. The van der Waals surface area contributed by atoms with Crippen LogP contribution in [-0.2, 0) is 35.0 Å². The quantitative estimate of drug-likeness (QED) is 0.172. The summed E-state index contributed by atoms with van der Waals surface area (Å²) in [6.45, 7) is 8.48. The van der Waals surface area contributed by atoms with Crippen molar-refractivity contribution < 1.29 is 32.7 Å². The van der Waals surface area contributed by atoms with Crippen LogP contribution in [0.15, 0.2) is 59.5 Å². The lowest BCUT2D eigenvalue weighted by Gasteiger charge is -2.38. The fraction of sp³-hybridized carbons (Fsp3) is 0.476. The first-order valence-corrected chi connectivity index (χ1v) is 20.1. The van der Waals surface area contributed by atoms with E-state index < -0.39 is 35.3 Å². The molecule has 1 saturated carbocycles. The van der Waals surface area contributed by atoms with Gasteiger partial charge in [0, 0.05) is 75.6 Å². The fourth-order valence-electron chi connectivity index (χ4n) is 9.00. The second-order valence-electron chi connectivity index (χ2n) is 16.7. The highest BCUT2D eigenvalue weighted by atomic mass is 19.4. The van der Waals surface area contributed by atoms with Crippen molar-refractivity contribution in [3.63, 3.8) is 0 Å². The number of halogens is 3. The first-order chi connectivity index (χ1) is 28.0. The molecule has 2 aromatic carbocycles. The average Bonchev–Trinajstić information content (AvgIpc) is 3.72. The number of aromatic nitrogens is 5. The number of imidazole rings is 1. The number of carbonyl (C=O) groups excluding carboxylic acids is 3. The molecule has 2 aliphatic heterocycles. The summed E-state index contributed by atoms with van der Waals surface area (Å²) in [7, 11) is 1.73. The maximum atomic E-state index is 13.4. The number of alkyl halides is 3. The summed E-state index contributed by atoms with van der Waals surface area (Å²) in [6.07, 6.45) is 1.70. The molecule has 17 heteroatoms. The van der Waals surface area contributed by atoms with E-state index in [2.05, 4.69) is 25.4 Å². The van der Waals surface area contributed by atoms with E-state index in [0.29, 0.717) is 35.5 Å². The number of imide groups is 1. The summed E-state index contributed by atoms with van der Waals surface area (Å²) < 4.78 is 44.9. The molecule has 0 spiro atoms. The van der Waals surface area contributed by atoms with E-state index in [9.17, 15) is 37.5 Å². The third-order valence-electron chi connectivity index (χ3n) is 12.1. The maximum absolute atomic E-state index is 13.4. The van der Waals surface area contributed by atoms with Crippen LogP contribution in [0.25, 0.3) is 21.9 Å². The zero-order chi connectivity index (χ0) is 41.8. The Morgan fingerprint density at radius 3 is 2.36 bits per heavy atom. The standard InChI is InChI=1S/C42H48F3N9O5/c1-41(2,59)29-21-31-27(20-32(29)47-38(56)30-7-5-9-35(46-30)42(43,44)45)24-53(49-31)28-12-10-25(11-13-28)22-51-16-18-52(19-17-51)23-26-6-4-8-33-37(26)50(3)40(58)54(33)34-14-15-36(55)48-39(34)57/h4-9,20-21,24-25,28,34,59H,10-19,22-23H2,1-3H3,(H,47,56)(H,48,55,57)/t25-,28-,34?. The summed E-state index contributed by atoms with van der Waals surface area (Å²) in [5.41, 5.74) is 0.613. The molecule has 312 valence electrons. The first kappa shape index (κ1) is 40.4. The lowest BCUT2D eigenvalue weighted by atomic mass is 9.85. The molecule has 1 atom stereocenters. The van der Waals surface area contributed by atoms with Gasteiger partial charge in [0.25, 0.3) is 5.91 Å². The van der Waals surface area contributed by atoms with Crippen LogP contribution >= 0.6 is 0 Å². The van der Waals surface area contributed by atoms with Crippen molar-refractivity contribution in [3.05, 3.63) is 87.7 Å². The minimum atomic E-state index is -4.70. The van der Waals surface area contributed by atoms with Crippen LogP contribution in [0.4, 0.5) is 18.9 Å². The molecular weight excluding hydrogens is 768 g/mol. The molecule has 14 nitrogen and oxygen atoms in total. The Balaban J connectivity index is 0.871. The van der Waals surface area contributed by atoms with Crippen LogP contribution in [0.2, 0.25) is 0 Å². The Bertz CT molecular complexity index is 2480. The highest BCUT2D eigenvalue weighted by Gasteiger charge is 2.34. The second kappa shape index (κ2) is 15.7. The van der Waals surface area contributed by atoms with Gasteiger partial charge in [-0.2, -0.15) is 18.3 Å². The molecular formula is C42H48F3N9O5. The smallest absolute Gasteiger partial charge is 0.386 e. The zero-order valence-corrected chi connectivity index (χ0v) is 33.3. The van der Waals surface area contributed by atoms with E-state index in [1.807, 2.05) is 29.1 Å². The minimum Gasteiger partial charge on any atom is -0.386 e. The van der Waals surface area contributed by atoms with Crippen LogP contribution in [0.5, 0.6) is 0 Å². The molecule has 0 bridgehead atoms. The molecule has 3 aromatic heterocycles. The highest BCUT2D eigenvalue weighted by molar-refractivity contribution is 6.04. The molecule has 3 amide bonds. The number of rotatable bonds is 9. The summed E-state index contributed by atoms with van der Waals surface area (Å²) in [5.74, 6) is -1.03. The number of fused-ring (bicyclic) bond motifs is 2. The molecule has 8 rings (SSSR count).